The molecule has 2 N–H and O–H groups in total. The molecule has 7 nitrogen and oxygen atoms in total. The van der Waals surface area contributed by atoms with E-state index >= 15 is 0 Å². The van der Waals surface area contributed by atoms with E-state index in [2.05, 4.69) is 10.4 Å². The van der Waals surface area contributed by atoms with Crippen molar-refractivity contribution >= 4 is 17.7 Å². The van der Waals surface area contributed by atoms with Crippen LogP contribution in [0.4, 0.5) is 10.5 Å². The van der Waals surface area contributed by atoms with Crippen molar-refractivity contribution in [1.29, 1.82) is 0 Å². The maximum absolute atomic E-state index is 12.8. The number of aryl methyl sites for hydroxylation is 1. The van der Waals surface area contributed by atoms with Crippen LogP contribution in [0.1, 0.15) is 30.7 Å². The molecule has 2 heterocycles. The van der Waals surface area contributed by atoms with E-state index in [0.717, 1.165) is 29.9 Å². The Kier molecular flexibility index (Phi) is 4.17. The first-order chi connectivity index (χ1) is 12.9. The van der Waals surface area contributed by atoms with Gasteiger partial charge in [0.1, 0.15) is 0 Å². The smallest absolute Gasteiger partial charge is 0.321 e. The third-order valence-corrected chi connectivity index (χ3v) is 6.11. The monoisotopic (exact) mass is 368 g/mol. The maximum Gasteiger partial charge on any atom is 0.321 e. The standard InChI is InChI=1S/C20H24N4O3/c1-13-17(14(2)24(22-13)16-8-4-3-5-9-16)21-19(27)23-11-15-7-6-10-20(15,12-23)18(25)26/h3-5,8-9,15H,6-7,10-12H2,1-2H3,(H,21,27)(H,25,26)/t15-,20+/m0/s1. The van der Waals surface area contributed by atoms with Crippen molar-refractivity contribution in [2.75, 3.05) is 18.4 Å². The number of amides is 2. The normalized spacial score (nSPS) is 24.1. The van der Waals surface area contributed by atoms with Crippen LogP contribution in [0.15, 0.2) is 30.3 Å². The van der Waals surface area contributed by atoms with E-state index in [0.29, 0.717) is 18.7 Å². The number of likely N-dealkylation sites (tertiary alicyclic amines) is 1. The van der Waals surface area contributed by atoms with Crippen LogP contribution in [0.2, 0.25) is 0 Å². The summed E-state index contributed by atoms with van der Waals surface area (Å²) in [7, 11) is 0. The Morgan fingerprint density at radius 2 is 2.00 bits per heavy atom. The van der Waals surface area contributed by atoms with Crippen molar-refractivity contribution in [2.24, 2.45) is 11.3 Å². The van der Waals surface area contributed by atoms with Gasteiger partial charge in [-0.05, 0) is 44.7 Å². The number of aromatic nitrogens is 2. The molecule has 27 heavy (non-hydrogen) atoms. The van der Waals surface area contributed by atoms with Crippen molar-refractivity contribution < 1.29 is 14.7 Å². The molecule has 1 aromatic carbocycles. The first-order valence-electron chi connectivity index (χ1n) is 9.33. The number of hydrogen-bond donors (Lipinski definition) is 2. The van der Waals surface area contributed by atoms with Crippen molar-refractivity contribution in [3.63, 3.8) is 0 Å². The summed E-state index contributed by atoms with van der Waals surface area (Å²) in [5.74, 6) is -0.723. The number of carboxylic acid groups (broad SMARTS) is 1. The molecule has 7 heteroatoms. The number of carbonyl (C=O) groups is 2. The number of nitrogens with zero attached hydrogens (tertiary/aromatic N) is 3. The van der Waals surface area contributed by atoms with Crippen molar-refractivity contribution in [1.82, 2.24) is 14.7 Å². The van der Waals surface area contributed by atoms with Gasteiger partial charge in [-0.2, -0.15) is 5.10 Å². The van der Waals surface area contributed by atoms with Crippen LogP contribution >= 0.6 is 0 Å². The summed E-state index contributed by atoms with van der Waals surface area (Å²) in [5.41, 5.74) is 2.43. The first kappa shape index (κ1) is 17.6. The van der Waals surface area contributed by atoms with Crippen LogP contribution in [0.3, 0.4) is 0 Å². The number of hydrogen-bond acceptors (Lipinski definition) is 3. The van der Waals surface area contributed by atoms with E-state index in [1.807, 2.05) is 48.9 Å². The predicted octanol–water partition coefficient (Wildman–Crippen LogP) is 3.21. The highest BCUT2D eigenvalue weighted by molar-refractivity contribution is 5.92. The third-order valence-electron chi connectivity index (χ3n) is 6.11. The largest absolute Gasteiger partial charge is 0.481 e. The van der Waals surface area contributed by atoms with Crippen molar-refractivity contribution in [3.8, 4) is 5.69 Å². The van der Waals surface area contributed by atoms with Crippen LogP contribution in [-0.2, 0) is 4.79 Å². The van der Waals surface area contributed by atoms with E-state index in [9.17, 15) is 14.7 Å². The molecule has 2 fully saturated rings. The number of anilines is 1. The zero-order chi connectivity index (χ0) is 19.2. The van der Waals surface area contributed by atoms with Gasteiger partial charge in [0.2, 0.25) is 0 Å². The summed E-state index contributed by atoms with van der Waals surface area (Å²) in [6.07, 6.45) is 2.45. The molecule has 0 bridgehead atoms. The minimum atomic E-state index is -0.774. The molecule has 0 spiro atoms. The summed E-state index contributed by atoms with van der Waals surface area (Å²) >= 11 is 0. The Morgan fingerprint density at radius 1 is 1.26 bits per heavy atom. The van der Waals surface area contributed by atoms with Crippen LogP contribution in [0, 0.1) is 25.2 Å². The lowest BCUT2D eigenvalue weighted by Crippen LogP contribution is -2.38. The highest BCUT2D eigenvalue weighted by Crippen LogP contribution is 2.49. The van der Waals surface area contributed by atoms with Gasteiger partial charge in [-0.3, -0.25) is 4.79 Å². The molecule has 142 valence electrons. The molecule has 1 aliphatic carbocycles. The number of para-hydroxylation sites is 1. The van der Waals surface area contributed by atoms with Crippen molar-refractivity contribution in [3.05, 3.63) is 41.7 Å². The molecule has 2 amide bonds. The quantitative estimate of drug-likeness (QED) is 0.871. The zero-order valence-electron chi connectivity index (χ0n) is 15.6. The molecular weight excluding hydrogens is 344 g/mol. The second-order valence-corrected chi connectivity index (χ2v) is 7.65. The molecule has 0 radical (unpaired) electrons. The summed E-state index contributed by atoms with van der Waals surface area (Å²) in [5, 5.41) is 17.2. The van der Waals surface area contributed by atoms with E-state index in [1.165, 1.54) is 0 Å². The molecule has 2 aromatic rings. The highest BCUT2D eigenvalue weighted by Gasteiger charge is 2.55. The van der Waals surface area contributed by atoms with E-state index in [-0.39, 0.29) is 18.5 Å². The minimum Gasteiger partial charge on any atom is -0.481 e. The lowest BCUT2D eigenvalue weighted by Gasteiger charge is -2.23. The van der Waals surface area contributed by atoms with E-state index < -0.39 is 11.4 Å². The topological polar surface area (TPSA) is 87.5 Å². The number of urea groups is 1. The summed E-state index contributed by atoms with van der Waals surface area (Å²) in [4.78, 5) is 26.3. The van der Waals surface area contributed by atoms with Gasteiger partial charge >= 0.3 is 12.0 Å². The molecule has 1 aromatic heterocycles. The van der Waals surface area contributed by atoms with Gasteiger partial charge in [-0.15, -0.1) is 0 Å². The number of fused-ring (bicyclic) bond motifs is 1. The Morgan fingerprint density at radius 3 is 2.67 bits per heavy atom. The number of aliphatic carboxylic acids is 1. The van der Waals surface area contributed by atoms with Gasteiger partial charge in [0, 0.05) is 13.1 Å². The van der Waals surface area contributed by atoms with Gasteiger partial charge in [-0.25, -0.2) is 9.48 Å². The number of rotatable bonds is 3. The second-order valence-electron chi connectivity index (χ2n) is 7.65. The molecule has 1 saturated carbocycles. The summed E-state index contributed by atoms with van der Waals surface area (Å²) in [6.45, 7) is 4.56. The fourth-order valence-electron chi connectivity index (χ4n) is 4.62. The molecule has 0 unspecified atom stereocenters. The van der Waals surface area contributed by atoms with Gasteiger partial charge in [-0.1, -0.05) is 24.6 Å². The fourth-order valence-corrected chi connectivity index (χ4v) is 4.62. The van der Waals surface area contributed by atoms with Gasteiger partial charge in [0.15, 0.2) is 0 Å². The summed E-state index contributed by atoms with van der Waals surface area (Å²) < 4.78 is 1.81. The molecular formula is C20H24N4O3. The molecule has 4 rings (SSSR count). The average molecular weight is 368 g/mol. The fraction of sp³-hybridized carbons (Fsp3) is 0.450. The van der Waals surface area contributed by atoms with Crippen LogP contribution in [0.5, 0.6) is 0 Å². The Balaban J connectivity index is 1.55. The first-order valence-corrected chi connectivity index (χ1v) is 9.33. The number of nitrogens with one attached hydrogen (secondary N) is 1. The number of benzene rings is 1. The van der Waals surface area contributed by atoms with Gasteiger partial charge in [0.05, 0.1) is 28.2 Å². The Bertz CT molecular complexity index is 892. The van der Waals surface area contributed by atoms with Crippen LogP contribution < -0.4 is 5.32 Å². The summed E-state index contributed by atoms with van der Waals surface area (Å²) in [6, 6.07) is 9.51. The lowest BCUT2D eigenvalue weighted by atomic mass is 9.81. The molecule has 1 saturated heterocycles. The number of carbonyl (C=O) groups excluding carboxylic acids is 1. The SMILES string of the molecule is Cc1nn(-c2ccccc2)c(C)c1NC(=O)N1C[C@@H]2CCC[C@@]2(C(=O)O)C1. The Hall–Kier alpha value is -2.83. The molecule has 2 aliphatic rings. The van der Waals surface area contributed by atoms with Crippen LogP contribution in [-0.4, -0.2) is 44.9 Å². The third kappa shape index (κ3) is 2.78. The van der Waals surface area contributed by atoms with Crippen molar-refractivity contribution in [2.45, 2.75) is 33.1 Å². The lowest BCUT2D eigenvalue weighted by molar-refractivity contribution is -0.149. The zero-order valence-corrected chi connectivity index (χ0v) is 15.6. The molecule has 2 atom stereocenters. The second kappa shape index (κ2) is 6.40. The Labute approximate surface area is 158 Å². The van der Waals surface area contributed by atoms with E-state index in [4.69, 9.17) is 0 Å². The average Bonchev–Trinajstić information content (AvgIpc) is 3.29. The number of carboxylic acids is 1. The predicted molar refractivity (Wildman–Crippen MR) is 101 cm³/mol. The molecule has 1 aliphatic heterocycles. The minimum absolute atomic E-state index is 0.0509. The van der Waals surface area contributed by atoms with Crippen LogP contribution in [0.25, 0.3) is 5.69 Å². The van der Waals surface area contributed by atoms with Gasteiger partial charge in [0.25, 0.3) is 0 Å². The highest BCUT2D eigenvalue weighted by atomic mass is 16.4. The van der Waals surface area contributed by atoms with E-state index in [1.54, 1.807) is 4.90 Å². The van der Waals surface area contributed by atoms with Gasteiger partial charge < -0.3 is 15.3 Å². The maximum atomic E-state index is 12.8.